The van der Waals surface area contributed by atoms with Gasteiger partial charge < -0.3 is 20.5 Å². The van der Waals surface area contributed by atoms with Crippen molar-refractivity contribution in [2.45, 2.75) is 6.10 Å². The van der Waals surface area contributed by atoms with E-state index in [9.17, 15) is 15.2 Å². The van der Waals surface area contributed by atoms with Crippen LogP contribution in [0.4, 0.5) is 11.5 Å². The third kappa shape index (κ3) is 3.49. The molecule has 0 amide bonds. The highest BCUT2D eigenvalue weighted by Crippen LogP contribution is 2.15. The van der Waals surface area contributed by atoms with Gasteiger partial charge in [-0.15, -0.1) is 0 Å². The number of aromatic nitrogens is 1. The van der Waals surface area contributed by atoms with Crippen LogP contribution in [-0.4, -0.2) is 21.6 Å². The summed E-state index contributed by atoms with van der Waals surface area (Å²) in [5.41, 5.74) is 1.44. The number of aliphatic hydroxyl groups is 1. The van der Waals surface area contributed by atoms with Crippen LogP contribution in [0.2, 0.25) is 0 Å². The molecule has 0 aliphatic carbocycles. The molecule has 1 atom stereocenters. The smallest absolute Gasteiger partial charge is 0.363 e. The molecule has 0 aliphatic heterocycles. The summed E-state index contributed by atoms with van der Waals surface area (Å²) in [5.74, 6) is -0.200. The van der Waals surface area contributed by atoms with Gasteiger partial charge in [-0.3, -0.25) is 0 Å². The lowest BCUT2D eigenvalue weighted by atomic mass is 10.1. The van der Waals surface area contributed by atoms with E-state index in [1.54, 1.807) is 6.07 Å². The number of nitrogens with zero attached hydrogens (tertiary/aromatic N) is 2. The second kappa shape index (κ2) is 5.92. The highest BCUT2D eigenvalue weighted by atomic mass is 16.6. The maximum Gasteiger partial charge on any atom is 0.363 e. The second-order valence-corrected chi connectivity index (χ2v) is 3.97. The lowest BCUT2D eigenvalue weighted by Gasteiger charge is -2.12. The normalized spacial score (nSPS) is 11.8. The topological polar surface area (TPSA) is 88.3 Å². The number of hydrogen-bond acceptors (Lipinski definition) is 5. The van der Waals surface area contributed by atoms with Crippen molar-refractivity contribution in [1.29, 1.82) is 0 Å². The Kier molecular flexibility index (Phi) is 4.04. The monoisotopic (exact) mass is 259 g/mol. The zero-order chi connectivity index (χ0) is 13.7. The summed E-state index contributed by atoms with van der Waals surface area (Å²) in [4.78, 5) is 13.6. The van der Waals surface area contributed by atoms with Gasteiger partial charge in [-0.05, 0) is 21.5 Å². The van der Waals surface area contributed by atoms with Gasteiger partial charge in [0.1, 0.15) is 0 Å². The SMILES string of the molecule is O=[N+]([O-])c1ccc(NCC(O)c2ccccc2)cn1. The van der Waals surface area contributed by atoms with Gasteiger partial charge in [-0.1, -0.05) is 30.3 Å². The maximum atomic E-state index is 10.4. The molecule has 2 aromatic rings. The van der Waals surface area contributed by atoms with E-state index in [1.807, 2.05) is 30.3 Å². The van der Waals surface area contributed by atoms with E-state index in [-0.39, 0.29) is 5.82 Å². The van der Waals surface area contributed by atoms with Gasteiger partial charge >= 0.3 is 5.82 Å². The van der Waals surface area contributed by atoms with Gasteiger partial charge in [0, 0.05) is 12.6 Å². The van der Waals surface area contributed by atoms with Gasteiger partial charge in [0.25, 0.3) is 0 Å². The van der Waals surface area contributed by atoms with E-state index < -0.39 is 11.0 Å². The summed E-state index contributed by atoms with van der Waals surface area (Å²) >= 11 is 0. The number of nitrogens with one attached hydrogen (secondary N) is 1. The number of pyridine rings is 1. The number of rotatable bonds is 5. The lowest BCUT2D eigenvalue weighted by Crippen LogP contribution is -2.12. The Hall–Kier alpha value is -2.47. The number of anilines is 1. The number of nitro groups is 1. The minimum absolute atomic E-state index is 0.200. The zero-order valence-electron chi connectivity index (χ0n) is 10.1. The van der Waals surface area contributed by atoms with Gasteiger partial charge in [0.05, 0.1) is 11.8 Å². The van der Waals surface area contributed by atoms with Crippen LogP contribution in [-0.2, 0) is 0 Å². The molecule has 2 N–H and O–H groups in total. The molecule has 0 saturated carbocycles. The molecule has 0 aliphatic rings. The first-order chi connectivity index (χ1) is 9.16. The standard InChI is InChI=1S/C13H13N3O3/c17-12(10-4-2-1-3-5-10)9-14-11-6-7-13(15-8-11)16(18)19/h1-8,12,14,17H,9H2. The average Bonchev–Trinajstić information content (AvgIpc) is 2.46. The zero-order valence-corrected chi connectivity index (χ0v) is 10.1. The molecule has 19 heavy (non-hydrogen) atoms. The predicted molar refractivity (Wildman–Crippen MR) is 70.8 cm³/mol. The Morgan fingerprint density at radius 2 is 2.00 bits per heavy atom. The summed E-state index contributed by atoms with van der Waals surface area (Å²) < 4.78 is 0. The Bertz CT molecular complexity index is 543. The van der Waals surface area contributed by atoms with Gasteiger partial charge in [-0.2, -0.15) is 0 Å². The van der Waals surface area contributed by atoms with Crippen molar-refractivity contribution in [2.24, 2.45) is 0 Å². The van der Waals surface area contributed by atoms with Crippen LogP contribution in [0.25, 0.3) is 0 Å². The fourth-order valence-corrected chi connectivity index (χ4v) is 1.61. The van der Waals surface area contributed by atoms with Crippen LogP contribution < -0.4 is 5.32 Å². The predicted octanol–water partition coefficient (Wildman–Crippen LogP) is 2.14. The van der Waals surface area contributed by atoms with Crippen molar-refractivity contribution in [1.82, 2.24) is 4.98 Å². The number of hydrogen-bond donors (Lipinski definition) is 2. The van der Waals surface area contributed by atoms with Crippen LogP contribution in [0.15, 0.2) is 48.7 Å². The molecule has 2 rings (SSSR count). The molecule has 0 saturated heterocycles. The molecule has 0 radical (unpaired) electrons. The van der Waals surface area contributed by atoms with Crippen LogP contribution in [0.1, 0.15) is 11.7 Å². The van der Waals surface area contributed by atoms with Crippen molar-refractivity contribution in [3.05, 3.63) is 64.3 Å². The Balaban J connectivity index is 1.93. The lowest BCUT2D eigenvalue weighted by molar-refractivity contribution is -0.389. The molecule has 1 aromatic carbocycles. The molecule has 1 unspecified atom stereocenters. The van der Waals surface area contributed by atoms with E-state index in [2.05, 4.69) is 10.3 Å². The van der Waals surface area contributed by atoms with E-state index in [1.165, 1.54) is 12.3 Å². The Morgan fingerprint density at radius 1 is 1.26 bits per heavy atom. The third-order valence-electron chi connectivity index (χ3n) is 2.62. The summed E-state index contributed by atoms with van der Waals surface area (Å²) in [5, 5.41) is 23.4. The highest BCUT2D eigenvalue weighted by Gasteiger charge is 2.09. The van der Waals surface area contributed by atoms with E-state index in [4.69, 9.17) is 0 Å². The average molecular weight is 259 g/mol. The van der Waals surface area contributed by atoms with Crippen LogP contribution in [0.5, 0.6) is 0 Å². The minimum Gasteiger partial charge on any atom is -0.387 e. The molecule has 6 nitrogen and oxygen atoms in total. The van der Waals surface area contributed by atoms with Crippen LogP contribution in [0.3, 0.4) is 0 Å². The van der Waals surface area contributed by atoms with Crippen molar-refractivity contribution >= 4 is 11.5 Å². The quantitative estimate of drug-likeness (QED) is 0.634. The minimum atomic E-state index is -0.642. The fraction of sp³-hybridized carbons (Fsp3) is 0.154. The van der Waals surface area contributed by atoms with Crippen molar-refractivity contribution in [3.8, 4) is 0 Å². The van der Waals surface area contributed by atoms with Crippen molar-refractivity contribution in [3.63, 3.8) is 0 Å². The summed E-state index contributed by atoms with van der Waals surface area (Å²) in [6.07, 6.45) is 0.729. The van der Waals surface area contributed by atoms with Gasteiger partial charge in [0.15, 0.2) is 6.20 Å². The van der Waals surface area contributed by atoms with Gasteiger partial charge in [0.2, 0.25) is 0 Å². The second-order valence-electron chi connectivity index (χ2n) is 3.97. The molecule has 1 aromatic heterocycles. The molecule has 1 heterocycles. The molecule has 0 bridgehead atoms. The van der Waals surface area contributed by atoms with Crippen molar-refractivity contribution in [2.75, 3.05) is 11.9 Å². The van der Waals surface area contributed by atoms with E-state index >= 15 is 0 Å². The summed E-state index contributed by atoms with van der Waals surface area (Å²) in [6, 6.07) is 12.1. The van der Waals surface area contributed by atoms with Crippen LogP contribution >= 0.6 is 0 Å². The number of aliphatic hydroxyl groups excluding tert-OH is 1. The molecular formula is C13H13N3O3. The van der Waals surface area contributed by atoms with E-state index in [0.717, 1.165) is 5.56 Å². The summed E-state index contributed by atoms with van der Waals surface area (Å²) in [7, 11) is 0. The highest BCUT2D eigenvalue weighted by molar-refractivity contribution is 5.43. The van der Waals surface area contributed by atoms with Crippen LogP contribution in [0, 0.1) is 10.1 Å². The van der Waals surface area contributed by atoms with Gasteiger partial charge in [-0.25, -0.2) is 0 Å². The Labute approximate surface area is 109 Å². The van der Waals surface area contributed by atoms with E-state index in [0.29, 0.717) is 12.2 Å². The molecular weight excluding hydrogens is 246 g/mol. The third-order valence-corrected chi connectivity index (χ3v) is 2.62. The molecule has 0 fully saturated rings. The molecule has 0 spiro atoms. The maximum absolute atomic E-state index is 10.4. The van der Waals surface area contributed by atoms with Crippen molar-refractivity contribution < 1.29 is 10.0 Å². The molecule has 6 heteroatoms. The molecule has 98 valence electrons. The first kappa shape index (κ1) is 13.0. The first-order valence-corrected chi connectivity index (χ1v) is 5.74. The first-order valence-electron chi connectivity index (χ1n) is 5.74. The number of benzene rings is 1. The summed E-state index contributed by atoms with van der Waals surface area (Å²) in [6.45, 7) is 0.309. The largest absolute Gasteiger partial charge is 0.387 e. The Morgan fingerprint density at radius 3 is 2.58 bits per heavy atom. The fourth-order valence-electron chi connectivity index (χ4n) is 1.61.